The second-order valence-corrected chi connectivity index (χ2v) is 5.47. The van der Waals surface area contributed by atoms with Crippen LogP contribution in [0.1, 0.15) is 18.4 Å². The molecule has 0 saturated heterocycles. The zero-order valence-electron chi connectivity index (χ0n) is 9.46. The van der Waals surface area contributed by atoms with Gasteiger partial charge in [0.05, 0.1) is 13.2 Å². The lowest BCUT2D eigenvalue weighted by Gasteiger charge is -2.13. The molecule has 0 aliphatic heterocycles. The lowest BCUT2D eigenvalue weighted by atomic mass is 10.1. The first-order chi connectivity index (χ1) is 8.25. The normalized spacial score (nSPS) is 16.0. The Balaban J connectivity index is 1.87. The van der Waals surface area contributed by atoms with Crippen LogP contribution in [-0.4, -0.2) is 6.61 Å². The molecule has 1 aromatic rings. The smallest absolute Gasteiger partial charge is 0.0732 e. The van der Waals surface area contributed by atoms with Gasteiger partial charge in [-0.2, -0.15) is 0 Å². The molecule has 0 atom stereocenters. The summed E-state index contributed by atoms with van der Waals surface area (Å²) in [7, 11) is 0. The molecule has 1 aliphatic carbocycles. The first kappa shape index (κ1) is 12.9. The molecule has 0 radical (unpaired) electrons. The lowest BCUT2D eigenvalue weighted by molar-refractivity contribution is 0.144. The zero-order chi connectivity index (χ0) is 12.1. The summed E-state index contributed by atoms with van der Waals surface area (Å²) >= 11 is 9.67. The van der Waals surface area contributed by atoms with Crippen molar-refractivity contribution in [3.8, 4) is 0 Å². The molecule has 0 heterocycles. The number of hydrogen-bond donors (Lipinski definition) is 0. The van der Waals surface area contributed by atoms with E-state index < -0.39 is 0 Å². The number of halogens is 2. The third-order valence-electron chi connectivity index (χ3n) is 2.63. The van der Waals surface area contributed by atoms with Gasteiger partial charge in [0.25, 0.3) is 0 Å². The van der Waals surface area contributed by atoms with Gasteiger partial charge in [0, 0.05) is 5.03 Å². The molecule has 1 aromatic carbocycles. The van der Waals surface area contributed by atoms with Gasteiger partial charge in [-0.15, -0.1) is 0 Å². The van der Waals surface area contributed by atoms with Crippen LogP contribution in [0, 0.1) is 0 Å². The monoisotopic (exact) mass is 312 g/mol. The Bertz CT molecular complexity index is 437. The highest BCUT2D eigenvalue weighted by Gasteiger charge is 2.10. The maximum absolute atomic E-state index is 6.16. The minimum Gasteiger partial charge on any atom is -0.372 e. The molecule has 0 unspecified atom stereocenters. The van der Waals surface area contributed by atoms with Crippen LogP contribution in [0.15, 0.2) is 51.5 Å². The molecular weight excluding hydrogens is 300 g/mol. The highest BCUT2D eigenvalue weighted by molar-refractivity contribution is 9.11. The van der Waals surface area contributed by atoms with Crippen molar-refractivity contribution in [2.75, 3.05) is 6.61 Å². The van der Waals surface area contributed by atoms with Gasteiger partial charge in [0.2, 0.25) is 0 Å². The Morgan fingerprint density at radius 1 is 1.12 bits per heavy atom. The van der Waals surface area contributed by atoms with Gasteiger partial charge in [-0.25, -0.2) is 0 Å². The maximum atomic E-state index is 6.16. The van der Waals surface area contributed by atoms with E-state index in [0.717, 1.165) is 23.4 Å². The van der Waals surface area contributed by atoms with Crippen LogP contribution in [-0.2, 0) is 11.3 Å². The number of rotatable bonds is 4. The van der Waals surface area contributed by atoms with Crippen LogP contribution < -0.4 is 0 Å². The molecule has 1 nitrogen and oxygen atoms in total. The topological polar surface area (TPSA) is 9.23 Å². The fourth-order valence-electron chi connectivity index (χ4n) is 1.70. The maximum Gasteiger partial charge on any atom is 0.0732 e. The second-order valence-electron chi connectivity index (χ2n) is 4.00. The first-order valence-corrected chi connectivity index (χ1v) is 6.78. The molecule has 0 aromatic heterocycles. The SMILES string of the molecule is ClC1=C(COCc2ccccc2)C=C(Br)CC1. The van der Waals surface area contributed by atoms with Crippen molar-refractivity contribution in [3.05, 3.63) is 57.1 Å². The predicted molar refractivity (Wildman–Crippen MR) is 75.2 cm³/mol. The Labute approximate surface area is 115 Å². The van der Waals surface area contributed by atoms with E-state index in [0.29, 0.717) is 13.2 Å². The standard InChI is InChI=1S/C14H14BrClO/c15-13-6-7-14(16)12(8-13)10-17-9-11-4-2-1-3-5-11/h1-5,8H,6-7,9-10H2. The Hall–Kier alpha value is -0.570. The van der Waals surface area contributed by atoms with Gasteiger partial charge >= 0.3 is 0 Å². The van der Waals surface area contributed by atoms with Gasteiger partial charge in [0.1, 0.15) is 0 Å². The fraction of sp³-hybridized carbons (Fsp3) is 0.286. The van der Waals surface area contributed by atoms with Crippen molar-refractivity contribution in [2.45, 2.75) is 19.4 Å². The molecule has 17 heavy (non-hydrogen) atoms. The van der Waals surface area contributed by atoms with Gasteiger partial charge in [-0.05, 0) is 34.5 Å². The van der Waals surface area contributed by atoms with Crippen LogP contribution >= 0.6 is 27.5 Å². The minimum absolute atomic E-state index is 0.572. The summed E-state index contributed by atoms with van der Waals surface area (Å²) in [4.78, 5) is 0. The van der Waals surface area contributed by atoms with Crippen molar-refractivity contribution < 1.29 is 4.74 Å². The van der Waals surface area contributed by atoms with E-state index in [-0.39, 0.29) is 0 Å². The number of benzene rings is 1. The number of ether oxygens (including phenoxy) is 1. The van der Waals surface area contributed by atoms with E-state index in [1.807, 2.05) is 18.2 Å². The van der Waals surface area contributed by atoms with Crippen molar-refractivity contribution in [3.63, 3.8) is 0 Å². The quantitative estimate of drug-likeness (QED) is 0.778. The molecule has 3 heteroatoms. The third kappa shape index (κ3) is 3.98. The van der Waals surface area contributed by atoms with E-state index in [9.17, 15) is 0 Å². The van der Waals surface area contributed by atoms with E-state index in [1.54, 1.807) is 0 Å². The predicted octanol–water partition coefficient (Wildman–Crippen LogP) is 4.77. The Kier molecular flexibility index (Phi) is 4.84. The average molecular weight is 314 g/mol. The third-order valence-corrected chi connectivity index (χ3v) is 3.69. The van der Waals surface area contributed by atoms with Gasteiger partial charge in [-0.1, -0.05) is 57.9 Å². The molecular formula is C14H14BrClO. The lowest BCUT2D eigenvalue weighted by Crippen LogP contribution is -2.02. The van der Waals surface area contributed by atoms with Crippen molar-refractivity contribution in [1.29, 1.82) is 0 Å². The largest absolute Gasteiger partial charge is 0.372 e. The van der Waals surface area contributed by atoms with Gasteiger partial charge in [0.15, 0.2) is 0 Å². The minimum atomic E-state index is 0.572. The Morgan fingerprint density at radius 2 is 1.88 bits per heavy atom. The highest BCUT2D eigenvalue weighted by Crippen LogP contribution is 2.29. The van der Waals surface area contributed by atoms with Crippen molar-refractivity contribution in [1.82, 2.24) is 0 Å². The summed E-state index contributed by atoms with van der Waals surface area (Å²) in [6, 6.07) is 10.2. The first-order valence-electron chi connectivity index (χ1n) is 5.61. The van der Waals surface area contributed by atoms with Crippen molar-refractivity contribution >= 4 is 27.5 Å². The molecule has 0 fully saturated rings. The fourth-order valence-corrected chi connectivity index (χ4v) is 2.38. The average Bonchev–Trinajstić information content (AvgIpc) is 2.35. The Morgan fingerprint density at radius 3 is 2.65 bits per heavy atom. The van der Waals surface area contributed by atoms with E-state index >= 15 is 0 Å². The summed E-state index contributed by atoms with van der Waals surface area (Å²) in [5, 5.41) is 0.918. The van der Waals surface area contributed by atoms with E-state index in [4.69, 9.17) is 16.3 Å². The molecule has 0 N–H and O–H groups in total. The second kappa shape index (κ2) is 6.39. The summed E-state index contributed by atoms with van der Waals surface area (Å²) in [5.41, 5.74) is 2.27. The molecule has 1 aliphatic rings. The van der Waals surface area contributed by atoms with Gasteiger partial charge in [-0.3, -0.25) is 0 Å². The zero-order valence-corrected chi connectivity index (χ0v) is 11.8. The highest BCUT2D eigenvalue weighted by atomic mass is 79.9. The molecule has 0 saturated carbocycles. The molecule has 0 spiro atoms. The van der Waals surface area contributed by atoms with Crippen LogP contribution in [0.2, 0.25) is 0 Å². The van der Waals surface area contributed by atoms with Crippen LogP contribution in [0.5, 0.6) is 0 Å². The van der Waals surface area contributed by atoms with E-state index in [2.05, 4.69) is 34.1 Å². The molecule has 0 bridgehead atoms. The van der Waals surface area contributed by atoms with Crippen LogP contribution in [0.4, 0.5) is 0 Å². The molecule has 90 valence electrons. The van der Waals surface area contributed by atoms with E-state index in [1.165, 1.54) is 10.0 Å². The molecule has 0 amide bonds. The van der Waals surface area contributed by atoms with Crippen LogP contribution in [0.25, 0.3) is 0 Å². The summed E-state index contributed by atoms with van der Waals surface area (Å²) in [6.07, 6.45) is 3.96. The van der Waals surface area contributed by atoms with Crippen LogP contribution in [0.3, 0.4) is 0 Å². The van der Waals surface area contributed by atoms with Crippen molar-refractivity contribution in [2.24, 2.45) is 0 Å². The number of hydrogen-bond acceptors (Lipinski definition) is 1. The summed E-state index contributed by atoms with van der Waals surface area (Å²) < 4.78 is 6.86. The summed E-state index contributed by atoms with van der Waals surface area (Å²) in [6.45, 7) is 1.20. The number of allylic oxidation sites excluding steroid dienone is 2. The molecule has 2 rings (SSSR count). The summed E-state index contributed by atoms with van der Waals surface area (Å²) in [5.74, 6) is 0. The van der Waals surface area contributed by atoms with Gasteiger partial charge < -0.3 is 4.74 Å².